The molecule has 2 rings (SSSR count). The number of nitrogens with zero attached hydrogens (tertiary/aromatic N) is 2. The Balaban J connectivity index is 2.11. The van der Waals surface area contributed by atoms with E-state index in [9.17, 15) is 5.11 Å². The lowest BCUT2D eigenvalue weighted by Crippen LogP contribution is -2.07. The van der Waals surface area contributed by atoms with Crippen LogP contribution in [0.15, 0.2) is 30.5 Å². The van der Waals surface area contributed by atoms with Gasteiger partial charge in [-0.25, -0.2) is 0 Å². The SMILES string of the molecule is CCC(C)n1ccc(CC(O)c2cc(Cl)cc(Cl)c2)n1. The van der Waals surface area contributed by atoms with Gasteiger partial charge in [-0.3, -0.25) is 4.68 Å². The average molecular weight is 313 g/mol. The number of aliphatic hydroxyl groups is 1. The highest BCUT2D eigenvalue weighted by Crippen LogP contribution is 2.25. The predicted octanol–water partition coefficient (Wildman–Crippen LogP) is 4.44. The van der Waals surface area contributed by atoms with Crippen molar-refractivity contribution >= 4 is 23.2 Å². The number of aliphatic hydroxyl groups excluding tert-OH is 1. The molecule has 0 bridgehead atoms. The molecule has 1 heterocycles. The highest BCUT2D eigenvalue weighted by atomic mass is 35.5. The zero-order valence-corrected chi connectivity index (χ0v) is 13.1. The van der Waals surface area contributed by atoms with Gasteiger partial charge in [0.2, 0.25) is 0 Å². The molecule has 2 atom stereocenters. The van der Waals surface area contributed by atoms with E-state index in [-0.39, 0.29) is 0 Å². The highest BCUT2D eigenvalue weighted by Gasteiger charge is 2.13. The number of hydrogen-bond donors (Lipinski definition) is 1. The van der Waals surface area contributed by atoms with Crippen molar-refractivity contribution in [3.63, 3.8) is 0 Å². The van der Waals surface area contributed by atoms with Crippen LogP contribution in [0, 0.1) is 0 Å². The molecule has 3 nitrogen and oxygen atoms in total. The van der Waals surface area contributed by atoms with E-state index in [1.54, 1.807) is 18.2 Å². The molecule has 2 unspecified atom stereocenters. The minimum absolute atomic E-state index is 0.363. The van der Waals surface area contributed by atoms with Gasteiger partial charge in [-0.05, 0) is 43.2 Å². The number of halogens is 2. The van der Waals surface area contributed by atoms with E-state index in [1.165, 1.54) is 0 Å². The van der Waals surface area contributed by atoms with Crippen molar-refractivity contribution in [1.29, 1.82) is 0 Å². The van der Waals surface area contributed by atoms with Crippen molar-refractivity contribution in [1.82, 2.24) is 9.78 Å². The van der Waals surface area contributed by atoms with Crippen LogP contribution in [0.4, 0.5) is 0 Å². The van der Waals surface area contributed by atoms with Gasteiger partial charge in [0.25, 0.3) is 0 Å². The maximum absolute atomic E-state index is 10.3. The summed E-state index contributed by atoms with van der Waals surface area (Å²) in [7, 11) is 0. The summed E-state index contributed by atoms with van der Waals surface area (Å²) in [6.45, 7) is 4.23. The summed E-state index contributed by atoms with van der Waals surface area (Å²) in [5, 5.41) is 15.8. The lowest BCUT2D eigenvalue weighted by molar-refractivity contribution is 0.177. The Bertz CT molecular complexity index is 563. The van der Waals surface area contributed by atoms with Gasteiger partial charge in [-0.2, -0.15) is 5.10 Å². The van der Waals surface area contributed by atoms with Crippen LogP contribution >= 0.6 is 23.2 Å². The number of aromatic nitrogens is 2. The first kappa shape index (κ1) is 15.4. The van der Waals surface area contributed by atoms with Gasteiger partial charge in [0, 0.05) is 28.7 Å². The number of benzene rings is 1. The Morgan fingerprint density at radius 1 is 1.25 bits per heavy atom. The molecule has 0 aliphatic rings. The second-order valence-corrected chi connectivity index (χ2v) is 5.84. The fourth-order valence-corrected chi connectivity index (χ4v) is 2.55. The van der Waals surface area contributed by atoms with Gasteiger partial charge in [-0.1, -0.05) is 30.1 Å². The maximum Gasteiger partial charge on any atom is 0.0847 e. The summed E-state index contributed by atoms with van der Waals surface area (Å²) in [5.41, 5.74) is 1.56. The zero-order chi connectivity index (χ0) is 14.7. The van der Waals surface area contributed by atoms with Crippen LogP contribution in [0.25, 0.3) is 0 Å². The largest absolute Gasteiger partial charge is 0.388 e. The molecule has 5 heteroatoms. The van der Waals surface area contributed by atoms with Crippen LogP contribution in [-0.2, 0) is 6.42 Å². The molecular weight excluding hydrogens is 295 g/mol. The molecule has 1 aromatic carbocycles. The Morgan fingerprint density at radius 2 is 1.90 bits per heavy atom. The van der Waals surface area contributed by atoms with E-state index in [0.717, 1.165) is 12.1 Å². The third kappa shape index (κ3) is 3.75. The van der Waals surface area contributed by atoms with Crippen molar-refractivity contribution < 1.29 is 5.11 Å². The Hall–Kier alpha value is -1.03. The number of hydrogen-bond acceptors (Lipinski definition) is 2. The Labute approximate surface area is 129 Å². The van der Waals surface area contributed by atoms with Crippen molar-refractivity contribution in [3.05, 3.63) is 51.8 Å². The lowest BCUT2D eigenvalue weighted by atomic mass is 10.1. The minimum atomic E-state index is -0.661. The molecule has 0 saturated carbocycles. The molecule has 0 amide bonds. The molecule has 2 aromatic rings. The van der Waals surface area contributed by atoms with Gasteiger partial charge in [0.15, 0.2) is 0 Å². The normalized spacial score (nSPS) is 14.2. The molecule has 0 aliphatic carbocycles. The van der Waals surface area contributed by atoms with Crippen LogP contribution in [0.1, 0.15) is 43.7 Å². The average Bonchev–Trinajstić information content (AvgIpc) is 2.85. The first-order chi connectivity index (χ1) is 9.49. The second kappa shape index (κ2) is 6.61. The fraction of sp³-hybridized carbons (Fsp3) is 0.400. The summed E-state index contributed by atoms with van der Waals surface area (Å²) in [4.78, 5) is 0. The molecule has 0 radical (unpaired) electrons. The van der Waals surface area contributed by atoms with E-state index in [1.807, 2.05) is 16.9 Å². The lowest BCUT2D eigenvalue weighted by Gasteiger charge is -2.11. The van der Waals surface area contributed by atoms with Crippen LogP contribution in [-0.4, -0.2) is 14.9 Å². The third-order valence-corrected chi connectivity index (χ3v) is 3.81. The maximum atomic E-state index is 10.3. The van der Waals surface area contributed by atoms with Crippen molar-refractivity contribution in [3.8, 4) is 0 Å². The first-order valence-corrected chi connectivity index (χ1v) is 7.43. The predicted molar refractivity (Wildman–Crippen MR) is 82.4 cm³/mol. The summed E-state index contributed by atoms with van der Waals surface area (Å²) in [6, 6.07) is 7.40. The van der Waals surface area contributed by atoms with E-state index in [4.69, 9.17) is 23.2 Å². The van der Waals surface area contributed by atoms with Gasteiger partial charge >= 0.3 is 0 Å². The zero-order valence-electron chi connectivity index (χ0n) is 11.6. The van der Waals surface area contributed by atoms with Crippen LogP contribution in [0.5, 0.6) is 0 Å². The highest BCUT2D eigenvalue weighted by molar-refractivity contribution is 6.34. The third-order valence-electron chi connectivity index (χ3n) is 3.38. The van der Waals surface area contributed by atoms with Gasteiger partial charge < -0.3 is 5.11 Å². The second-order valence-electron chi connectivity index (χ2n) is 4.97. The first-order valence-electron chi connectivity index (χ1n) is 6.67. The van der Waals surface area contributed by atoms with Crippen LogP contribution in [0.3, 0.4) is 0 Å². The van der Waals surface area contributed by atoms with Crippen molar-refractivity contribution in [2.24, 2.45) is 0 Å². The number of rotatable bonds is 5. The van der Waals surface area contributed by atoms with Gasteiger partial charge in [0.05, 0.1) is 11.8 Å². The summed E-state index contributed by atoms with van der Waals surface area (Å²) < 4.78 is 1.92. The smallest absolute Gasteiger partial charge is 0.0847 e. The monoisotopic (exact) mass is 312 g/mol. The molecule has 20 heavy (non-hydrogen) atoms. The van der Waals surface area contributed by atoms with Crippen LogP contribution in [0.2, 0.25) is 10.0 Å². The van der Waals surface area contributed by atoms with Crippen LogP contribution < -0.4 is 0 Å². The Kier molecular flexibility index (Phi) is 5.08. The molecule has 0 saturated heterocycles. The van der Waals surface area contributed by atoms with E-state index < -0.39 is 6.10 Å². The summed E-state index contributed by atoms with van der Waals surface area (Å²) in [6.07, 6.45) is 2.75. The quantitative estimate of drug-likeness (QED) is 0.886. The molecule has 1 N–H and O–H groups in total. The molecule has 0 spiro atoms. The van der Waals surface area contributed by atoms with E-state index in [0.29, 0.717) is 28.1 Å². The summed E-state index contributed by atoms with van der Waals surface area (Å²) >= 11 is 11.9. The van der Waals surface area contributed by atoms with Gasteiger partial charge in [-0.15, -0.1) is 0 Å². The summed E-state index contributed by atoms with van der Waals surface area (Å²) in [5.74, 6) is 0. The molecular formula is C15H18Cl2N2O. The molecule has 0 fully saturated rings. The molecule has 108 valence electrons. The van der Waals surface area contributed by atoms with E-state index in [2.05, 4.69) is 18.9 Å². The van der Waals surface area contributed by atoms with E-state index >= 15 is 0 Å². The Morgan fingerprint density at radius 3 is 2.50 bits per heavy atom. The minimum Gasteiger partial charge on any atom is -0.388 e. The van der Waals surface area contributed by atoms with Crippen molar-refractivity contribution in [2.75, 3.05) is 0 Å². The fourth-order valence-electron chi connectivity index (χ4n) is 2.00. The van der Waals surface area contributed by atoms with Crippen molar-refractivity contribution in [2.45, 2.75) is 38.8 Å². The topological polar surface area (TPSA) is 38.0 Å². The molecule has 1 aromatic heterocycles. The van der Waals surface area contributed by atoms with Gasteiger partial charge in [0.1, 0.15) is 0 Å². The molecule has 0 aliphatic heterocycles. The standard InChI is InChI=1S/C15H18Cl2N2O/c1-3-10(2)19-5-4-14(18-19)9-15(20)11-6-12(16)8-13(17)7-11/h4-8,10,15,20H,3,9H2,1-2H3.